The zero-order chi connectivity index (χ0) is 11.3. The van der Waals surface area contributed by atoms with Crippen LogP contribution < -0.4 is 5.30 Å². The van der Waals surface area contributed by atoms with E-state index in [0.717, 1.165) is 18.1 Å². The molecule has 1 aromatic rings. The molecule has 0 saturated heterocycles. The van der Waals surface area contributed by atoms with E-state index >= 15 is 0 Å². The zero-order valence-corrected chi connectivity index (χ0v) is 10.7. The van der Waals surface area contributed by atoms with Crippen molar-refractivity contribution < 1.29 is 9.09 Å². The van der Waals surface area contributed by atoms with Gasteiger partial charge in [0.1, 0.15) is 0 Å². The van der Waals surface area contributed by atoms with E-state index in [0.29, 0.717) is 11.6 Å². The van der Waals surface area contributed by atoms with Crippen LogP contribution in [0.5, 0.6) is 0 Å². The van der Waals surface area contributed by atoms with Gasteiger partial charge in [0.05, 0.1) is 6.61 Å². The first-order valence-electron chi connectivity index (χ1n) is 5.04. The maximum absolute atomic E-state index is 12.1. The van der Waals surface area contributed by atoms with Crippen molar-refractivity contribution in [2.24, 2.45) is 0 Å². The molecule has 1 aromatic carbocycles. The third-order valence-electron chi connectivity index (χ3n) is 2.13. The van der Waals surface area contributed by atoms with E-state index in [9.17, 15) is 4.57 Å². The molecule has 1 atom stereocenters. The molecule has 1 rings (SSSR count). The highest BCUT2D eigenvalue weighted by molar-refractivity contribution is 7.66. The molecule has 0 saturated carbocycles. The maximum atomic E-state index is 12.1. The van der Waals surface area contributed by atoms with Crippen molar-refractivity contribution in [2.75, 3.05) is 13.3 Å². The van der Waals surface area contributed by atoms with Crippen LogP contribution in [-0.4, -0.2) is 13.3 Å². The first kappa shape index (κ1) is 12.8. The molecule has 84 valence electrons. The summed E-state index contributed by atoms with van der Waals surface area (Å²) in [6, 6.07) is 6.98. The van der Waals surface area contributed by atoms with Crippen LogP contribution in [0.3, 0.4) is 0 Å². The molecule has 0 aliphatic rings. The summed E-state index contributed by atoms with van der Waals surface area (Å²) in [7, 11) is -2.65. The van der Waals surface area contributed by atoms with Crippen LogP contribution in [-0.2, 0) is 9.09 Å². The van der Waals surface area contributed by atoms with Crippen LogP contribution in [0, 0.1) is 0 Å². The van der Waals surface area contributed by atoms with Crippen LogP contribution in [0.15, 0.2) is 24.3 Å². The van der Waals surface area contributed by atoms with Gasteiger partial charge in [-0.25, -0.2) is 0 Å². The molecule has 0 amide bonds. The molecule has 0 N–H and O–H groups in total. The van der Waals surface area contributed by atoms with Crippen LogP contribution in [0.1, 0.15) is 19.8 Å². The number of halogens is 1. The number of benzene rings is 1. The van der Waals surface area contributed by atoms with Crippen molar-refractivity contribution in [2.45, 2.75) is 19.8 Å². The van der Waals surface area contributed by atoms with E-state index in [1.807, 2.05) is 0 Å². The van der Waals surface area contributed by atoms with Gasteiger partial charge in [-0.15, -0.1) is 0 Å². The van der Waals surface area contributed by atoms with Gasteiger partial charge < -0.3 is 4.52 Å². The first-order chi connectivity index (χ1) is 7.06. The molecule has 0 heterocycles. The van der Waals surface area contributed by atoms with Crippen LogP contribution >= 0.6 is 19.0 Å². The smallest absolute Gasteiger partial charge is 0.229 e. The fraction of sp³-hybridized carbons (Fsp3) is 0.455. The summed E-state index contributed by atoms with van der Waals surface area (Å²) in [6.45, 7) is 4.27. The molecule has 0 aliphatic carbocycles. The Labute approximate surface area is 96.0 Å². The van der Waals surface area contributed by atoms with E-state index in [1.165, 1.54) is 0 Å². The molecular weight excluding hydrogens is 231 g/mol. The van der Waals surface area contributed by atoms with Crippen LogP contribution in [0.25, 0.3) is 0 Å². The SMILES string of the molecule is CCCCOP(C)(=O)c1ccc(Cl)cc1. The lowest BCUT2D eigenvalue weighted by molar-refractivity contribution is 0.316. The lowest BCUT2D eigenvalue weighted by atomic mass is 10.4. The Kier molecular flexibility index (Phi) is 4.85. The van der Waals surface area contributed by atoms with Gasteiger partial charge in [-0.3, -0.25) is 4.57 Å². The number of hydrogen-bond acceptors (Lipinski definition) is 2. The van der Waals surface area contributed by atoms with Gasteiger partial charge in [0, 0.05) is 17.0 Å². The van der Waals surface area contributed by atoms with Crippen molar-refractivity contribution in [3.8, 4) is 0 Å². The number of rotatable bonds is 5. The predicted octanol–water partition coefficient (Wildman–Crippen LogP) is 3.69. The maximum Gasteiger partial charge on any atom is 0.229 e. The Morgan fingerprint density at radius 1 is 1.33 bits per heavy atom. The van der Waals surface area contributed by atoms with E-state index in [4.69, 9.17) is 16.1 Å². The Hall–Kier alpha value is -0.300. The average molecular weight is 247 g/mol. The normalized spacial score (nSPS) is 14.9. The summed E-state index contributed by atoms with van der Waals surface area (Å²) in [5, 5.41) is 1.37. The molecule has 2 nitrogen and oxygen atoms in total. The highest BCUT2D eigenvalue weighted by Gasteiger charge is 2.18. The van der Waals surface area contributed by atoms with Crippen molar-refractivity contribution >= 4 is 24.3 Å². The number of hydrogen-bond donors (Lipinski definition) is 0. The van der Waals surface area contributed by atoms with E-state index in [2.05, 4.69) is 6.92 Å². The largest absolute Gasteiger partial charge is 0.325 e. The van der Waals surface area contributed by atoms with Gasteiger partial charge in [-0.2, -0.15) is 0 Å². The van der Waals surface area contributed by atoms with Crippen molar-refractivity contribution in [1.29, 1.82) is 0 Å². The van der Waals surface area contributed by atoms with Crippen molar-refractivity contribution in [3.63, 3.8) is 0 Å². The fourth-order valence-electron chi connectivity index (χ4n) is 1.17. The molecule has 1 unspecified atom stereocenters. The molecule has 0 aliphatic heterocycles. The monoisotopic (exact) mass is 246 g/mol. The highest BCUT2D eigenvalue weighted by Crippen LogP contribution is 2.41. The highest BCUT2D eigenvalue weighted by atomic mass is 35.5. The quantitative estimate of drug-likeness (QED) is 0.585. The third kappa shape index (κ3) is 3.98. The fourth-order valence-corrected chi connectivity index (χ4v) is 2.61. The van der Waals surface area contributed by atoms with Crippen LogP contribution in [0.4, 0.5) is 0 Å². The van der Waals surface area contributed by atoms with Gasteiger partial charge in [0.15, 0.2) is 0 Å². The summed E-state index contributed by atoms with van der Waals surface area (Å²) >= 11 is 5.76. The van der Waals surface area contributed by atoms with Gasteiger partial charge in [-0.05, 0) is 30.7 Å². The zero-order valence-electron chi connectivity index (χ0n) is 9.07. The molecule has 4 heteroatoms. The predicted molar refractivity (Wildman–Crippen MR) is 65.5 cm³/mol. The lowest BCUT2D eigenvalue weighted by Gasteiger charge is -2.13. The Balaban J connectivity index is 2.68. The second kappa shape index (κ2) is 5.69. The molecule has 0 spiro atoms. The summed E-state index contributed by atoms with van der Waals surface area (Å²) in [4.78, 5) is 0. The minimum absolute atomic E-state index is 0.549. The topological polar surface area (TPSA) is 26.3 Å². The Morgan fingerprint density at radius 3 is 2.47 bits per heavy atom. The molecule has 0 radical (unpaired) electrons. The second-order valence-electron chi connectivity index (χ2n) is 3.51. The van der Waals surface area contributed by atoms with Gasteiger partial charge in [0.2, 0.25) is 7.37 Å². The summed E-state index contributed by atoms with van der Waals surface area (Å²) in [5.74, 6) is 0. The van der Waals surface area contributed by atoms with E-state index < -0.39 is 7.37 Å². The lowest BCUT2D eigenvalue weighted by Crippen LogP contribution is -2.06. The first-order valence-corrected chi connectivity index (χ1v) is 7.49. The summed E-state index contributed by atoms with van der Waals surface area (Å²) < 4.78 is 17.5. The average Bonchev–Trinajstić information content (AvgIpc) is 2.18. The van der Waals surface area contributed by atoms with E-state index in [-0.39, 0.29) is 0 Å². The molecule has 0 aromatic heterocycles. The Bertz CT molecular complexity index is 348. The second-order valence-corrected chi connectivity index (χ2v) is 6.41. The summed E-state index contributed by atoms with van der Waals surface area (Å²) in [6.07, 6.45) is 1.98. The standard InChI is InChI=1S/C11H16ClO2P/c1-3-4-9-14-15(2,13)11-7-5-10(12)6-8-11/h5-8H,3-4,9H2,1-2H3. The minimum atomic E-state index is -2.65. The van der Waals surface area contributed by atoms with Gasteiger partial charge in [-0.1, -0.05) is 24.9 Å². The third-order valence-corrected chi connectivity index (χ3v) is 4.29. The van der Waals surface area contributed by atoms with Gasteiger partial charge >= 0.3 is 0 Å². The van der Waals surface area contributed by atoms with Crippen LogP contribution in [0.2, 0.25) is 5.02 Å². The van der Waals surface area contributed by atoms with E-state index in [1.54, 1.807) is 30.9 Å². The minimum Gasteiger partial charge on any atom is -0.325 e. The van der Waals surface area contributed by atoms with Crippen molar-refractivity contribution in [1.82, 2.24) is 0 Å². The number of unbranched alkanes of at least 4 members (excludes halogenated alkanes) is 1. The molecule has 0 fully saturated rings. The van der Waals surface area contributed by atoms with Crippen molar-refractivity contribution in [3.05, 3.63) is 29.3 Å². The molecular formula is C11H16ClO2P. The molecule has 15 heavy (non-hydrogen) atoms. The Morgan fingerprint density at radius 2 is 1.93 bits per heavy atom. The summed E-state index contributed by atoms with van der Waals surface area (Å²) in [5.41, 5.74) is 0. The molecule has 0 bridgehead atoms. The van der Waals surface area contributed by atoms with Gasteiger partial charge in [0.25, 0.3) is 0 Å².